The summed E-state index contributed by atoms with van der Waals surface area (Å²) >= 11 is 0. The van der Waals surface area contributed by atoms with Crippen LogP contribution in [-0.4, -0.2) is 47.6 Å². The topological polar surface area (TPSA) is 74.5 Å². The molecule has 0 atom stereocenters. The highest BCUT2D eigenvalue weighted by atomic mass is 19.1. The van der Waals surface area contributed by atoms with Gasteiger partial charge in [0.2, 0.25) is 0 Å². The number of ether oxygens (including phenoxy) is 3. The molecule has 0 bridgehead atoms. The molecular weight excluding hydrogens is 516 g/mol. The Labute approximate surface area is 229 Å². The van der Waals surface area contributed by atoms with E-state index in [0.29, 0.717) is 22.6 Å². The average molecular weight is 542 g/mol. The summed E-state index contributed by atoms with van der Waals surface area (Å²) in [7, 11) is 5.96. The predicted molar refractivity (Wildman–Crippen MR) is 148 cm³/mol. The number of aromatic nitrogens is 4. The van der Waals surface area contributed by atoms with Gasteiger partial charge in [-0.3, -0.25) is 9.67 Å². The van der Waals surface area contributed by atoms with Crippen LogP contribution in [0.3, 0.4) is 0 Å². The molecule has 0 N–H and O–H groups in total. The van der Waals surface area contributed by atoms with Gasteiger partial charge in [-0.1, -0.05) is 5.92 Å². The zero-order valence-electron chi connectivity index (χ0n) is 22.3. The summed E-state index contributed by atoms with van der Waals surface area (Å²) in [4.78, 5) is 10.2. The van der Waals surface area contributed by atoms with Crippen LogP contribution in [-0.2, 0) is 7.05 Å². The number of rotatable bonds is 7. The zero-order valence-corrected chi connectivity index (χ0v) is 22.3. The Kier molecular flexibility index (Phi) is 7.46. The van der Waals surface area contributed by atoms with Gasteiger partial charge in [0.05, 0.1) is 39.6 Å². The van der Waals surface area contributed by atoms with E-state index in [2.05, 4.69) is 26.9 Å². The highest BCUT2D eigenvalue weighted by molar-refractivity contribution is 5.87. The lowest BCUT2D eigenvalue weighted by molar-refractivity contribution is 0.359. The van der Waals surface area contributed by atoms with Crippen LogP contribution in [0.25, 0.3) is 22.0 Å². The number of anilines is 2. The fourth-order valence-electron chi connectivity index (χ4n) is 4.28. The largest absolute Gasteiger partial charge is 0.494 e. The molecular formula is C30H25F2N5O3. The van der Waals surface area contributed by atoms with Crippen molar-refractivity contribution in [1.82, 2.24) is 19.7 Å². The summed E-state index contributed by atoms with van der Waals surface area (Å²) in [6.45, 7) is -0.0921. The van der Waals surface area contributed by atoms with Crippen molar-refractivity contribution in [2.24, 2.45) is 7.05 Å². The number of nitrogens with zero attached hydrogens (tertiary/aromatic N) is 5. The van der Waals surface area contributed by atoms with E-state index in [0.717, 1.165) is 16.5 Å². The SMILES string of the molecule is COc1cccnc1C#CCN(c1ccc2ncc(-c3cnn(C)c3)cc2c1)c1c(F)c(OC)cc(OC)c1F. The van der Waals surface area contributed by atoms with E-state index in [9.17, 15) is 0 Å². The first-order valence-electron chi connectivity index (χ1n) is 12.2. The molecule has 40 heavy (non-hydrogen) atoms. The van der Waals surface area contributed by atoms with Crippen LogP contribution >= 0.6 is 0 Å². The minimum absolute atomic E-state index is 0.0921. The summed E-state index contributed by atoms with van der Waals surface area (Å²) in [5.74, 6) is 4.30. The standard InChI is InChI=1S/C30H25F2N5O3/c1-36-18-21(17-35-36)20-13-19-14-22(9-10-23(19)34-16-20)37(12-6-7-24-25(38-2)8-5-11-33-24)30-28(31)26(39-3)15-27(40-4)29(30)32/h5,8-11,13-18H,12H2,1-4H3. The van der Waals surface area contributed by atoms with Crippen LogP contribution in [0.15, 0.2) is 67.3 Å². The molecule has 0 aliphatic heterocycles. The molecule has 2 aromatic carbocycles. The minimum Gasteiger partial charge on any atom is -0.494 e. The molecule has 0 amide bonds. The lowest BCUT2D eigenvalue weighted by Crippen LogP contribution is -2.21. The van der Waals surface area contributed by atoms with E-state index in [-0.39, 0.29) is 23.7 Å². The Morgan fingerprint density at radius 1 is 0.875 bits per heavy atom. The Hall–Kier alpha value is -5.17. The third-order valence-electron chi connectivity index (χ3n) is 6.27. The van der Waals surface area contributed by atoms with Gasteiger partial charge in [-0.05, 0) is 42.3 Å². The van der Waals surface area contributed by atoms with Gasteiger partial charge < -0.3 is 19.1 Å². The number of hydrogen-bond donors (Lipinski definition) is 0. The molecule has 0 saturated heterocycles. The van der Waals surface area contributed by atoms with Crippen molar-refractivity contribution in [3.8, 4) is 40.2 Å². The molecule has 8 nitrogen and oxygen atoms in total. The first kappa shape index (κ1) is 26.4. The van der Waals surface area contributed by atoms with Crippen molar-refractivity contribution < 1.29 is 23.0 Å². The zero-order chi connectivity index (χ0) is 28.2. The minimum atomic E-state index is -0.889. The van der Waals surface area contributed by atoms with Gasteiger partial charge in [0.15, 0.2) is 34.6 Å². The van der Waals surface area contributed by atoms with E-state index in [4.69, 9.17) is 14.2 Å². The second kappa shape index (κ2) is 11.3. The van der Waals surface area contributed by atoms with Crippen LogP contribution in [0.1, 0.15) is 5.69 Å². The second-order valence-corrected chi connectivity index (χ2v) is 8.70. The normalized spacial score (nSPS) is 10.7. The van der Waals surface area contributed by atoms with E-state index in [1.807, 2.05) is 19.3 Å². The van der Waals surface area contributed by atoms with Crippen molar-refractivity contribution >= 4 is 22.3 Å². The fraction of sp³-hybridized carbons (Fsp3) is 0.167. The Bertz CT molecular complexity index is 1730. The highest BCUT2D eigenvalue weighted by Crippen LogP contribution is 2.40. The maximum Gasteiger partial charge on any atom is 0.191 e. The Balaban J connectivity index is 1.65. The van der Waals surface area contributed by atoms with E-state index >= 15 is 8.78 Å². The van der Waals surface area contributed by atoms with Crippen LogP contribution in [0.4, 0.5) is 20.2 Å². The predicted octanol–water partition coefficient (Wildman–Crippen LogP) is 5.52. The molecule has 202 valence electrons. The Morgan fingerprint density at radius 2 is 1.62 bits per heavy atom. The molecule has 3 aromatic heterocycles. The molecule has 0 radical (unpaired) electrons. The van der Waals surface area contributed by atoms with Gasteiger partial charge in [-0.15, -0.1) is 0 Å². The maximum absolute atomic E-state index is 15.7. The van der Waals surface area contributed by atoms with Crippen LogP contribution in [0.5, 0.6) is 17.2 Å². The van der Waals surface area contributed by atoms with Crippen molar-refractivity contribution in [2.45, 2.75) is 0 Å². The quantitative estimate of drug-likeness (QED) is 0.251. The molecule has 10 heteroatoms. The maximum atomic E-state index is 15.7. The monoisotopic (exact) mass is 541 g/mol. The third-order valence-corrected chi connectivity index (χ3v) is 6.27. The lowest BCUT2D eigenvalue weighted by Gasteiger charge is -2.25. The summed E-state index contributed by atoms with van der Waals surface area (Å²) in [5.41, 5.74) is 2.97. The van der Waals surface area contributed by atoms with Gasteiger partial charge in [-0.25, -0.2) is 13.8 Å². The fourth-order valence-corrected chi connectivity index (χ4v) is 4.28. The first-order valence-corrected chi connectivity index (χ1v) is 12.2. The van der Waals surface area contributed by atoms with Crippen molar-refractivity contribution in [2.75, 3.05) is 32.8 Å². The van der Waals surface area contributed by atoms with Crippen LogP contribution < -0.4 is 19.1 Å². The molecule has 5 rings (SSSR count). The summed E-state index contributed by atoms with van der Waals surface area (Å²) in [5, 5.41) is 4.99. The summed E-state index contributed by atoms with van der Waals surface area (Å²) in [6.07, 6.45) is 6.98. The van der Waals surface area contributed by atoms with Gasteiger partial charge in [0, 0.05) is 53.9 Å². The lowest BCUT2D eigenvalue weighted by atomic mass is 10.1. The average Bonchev–Trinajstić information content (AvgIpc) is 3.42. The molecule has 0 aliphatic rings. The van der Waals surface area contributed by atoms with Gasteiger partial charge >= 0.3 is 0 Å². The van der Waals surface area contributed by atoms with E-state index in [1.165, 1.54) is 32.3 Å². The number of hydrogen-bond acceptors (Lipinski definition) is 7. The number of pyridine rings is 2. The first-order chi connectivity index (χ1) is 19.4. The van der Waals surface area contributed by atoms with Gasteiger partial charge in [-0.2, -0.15) is 5.10 Å². The summed E-state index contributed by atoms with van der Waals surface area (Å²) in [6, 6.07) is 11.9. The molecule has 0 spiro atoms. The number of halogens is 2. The smallest absolute Gasteiger partial charge is 0.191 e. The van der Waals surface area contributed by atoms with E-state index in [1.54, 1.807) is 53.6 Å². The molecule has 5 aromatic rings. The number of methoxy groups -OCH3 is 3. The number of benzene rings is 2. The van der Waals surface area contributed by atoms with Gasteiger partial charge in [0.25, 0.3) is 0 Å². The molecule has 3 heterocycles. The summed E-state index contributed by atoms with van der Waals surface area (Å²) < 4.78 is 48.8. The second-order valence-electron chi connectivity index (χ2n) is 8.70. The van der Waals surface area contributed by atoms with Crippen molar-refractivity contribution in [3.05, 3.63) is 84.6 Å². The third kappa shape index (κ3) is 5.09. The molecule has 0 aliphatic carbocycles. The van der Waals surface area contributed by atoms with Crippen molar-refractivity contribution in [1.29, 1.82) is 0 Å². The van der Waals surface area contributed by atoms with E-state index < -0.39 is 11.6 Å². The highest BCUT2D eigenvalue weighted by Gasteiger charge is 2.26. The van der Waals surface area contributed by atoms with Crippen molar-refractivity contribution in [3.63, 3.8) is 0 Å². The number of fused-ring (bicyclic) bond motifs is 1. The number of aryl methyl sites for hydroxylation is 1. The molecule has 0 saturated carbocycles. The van der Waals surface area contributed by atoms with Gasteiger partial charge in [0.1, 0.15) is 5.69 Å². The molecule has 0 fully saturated rings. The molecule has 0 unspecified atom stereocenters. The Morgan fingerprint density at radius 3 is 2.30 bits per heavy atom. The van der Waals surface area contributed by atoms with Crippen LogP contribution in [0.2, 0.25) is 0 Å². The van der Waals surface area contributed by atoms with Crippen LogP contribution in [0, 0.1) is 23.5 Å².